The maximum absolute atomic E-state index is 13.2. The Morgan fingerprint density at radius 3 is 2.57 bits per heavy atom. The van der Waals surface area contributed by atoms with Crippen LogP contribution in [0, 0.1) is 11.3 Å². The normalized spacial score (nSPS) is 14.8. The molecule has 1 amide bonds. The molecule has 1 saturated heterocycles. The maximum Gasteiger partial charge on any atom is 0.254 e. The number of benzene rings is 2. The number of hydrogen-bond donors (Lipinski definition) is 1. The van der Waals surface area contributed by atoms with E-state index in [1.165, 1.54) is 12.1 Å². The smallest absolute Gasteiger partial charge is 0.254 e. The molecule has 8 heteroatoms. The molecule has 30 heavy (non-hydrogen) atoms. The third kappa shape index (κ3) is 5.66. The molecule has 1 aliphatic heterocycles. The van der Waals surface area contributed by atoms with E-state index >= 15 is 0 Å². The van der Waals surface area contributed by atoms with Crippen molar-refractivity contribution < 1.29 is 17.9 Å². The van der Waals surface area contributed by atoms with Gasteiger partial charge in [-0.3, -0.25) is 4.79 Å². The van der Waals surface area contributed by atoms with Crippen LogP contribution in [0.1, 0.15) is 35.2 Å². The molecule has 1 N–H and O–H groups in total. The number of nitrogens with one attached hydrogen (secondary N) is 1. The van der Waals surface area contributed by atoms with E-state index in [1.807, 2.05) is 30.3 Å². The summed E-state index contributed by atoms with van der Waals surface area (Å²) in [5.41, 5.74) is 1.14. The summed E-state index contributed by atoms with van der Waals surface area (Å²) < 4.78 is 33.4. The van der Waals surface area contributed by atoms with Crippen LogP contribution in [0.25, 0.3) is 0 Å². The van der Waals surface area contributed by atoms with Gasteiger partial charge in [0.25, 0.3) is 5.91 Å². The van der Waals surface area contributed by atoms with Crippen LogP contribution in [0.4, 0.5) is 0 Å². The predicted octanol–water partition coefficient (Wildman–Crippen LogP) is 2.70. The van der Waals surface area contributed by atoms with Gasteiger partial charge in [-0.05, 0) is 36.6 Å². The van der Waals surface area contributed by atoms with Gasteiger partial charge in [0.05, 0.1) is 17.4 Å². The van der Waals surface area contributed by atoms with Gasteiger partial charge in [-0.15, -0.1) is 0 Å². The van der Waals surface area contributed by atoms with Crippen molar-refractivity contribution in [2.75, 3.05) is 19.8 Å². The molecule has 7 nitrogen and oxygen atoms in total. The summed E-state index contributed by atoms with van der Waals surface area (Å²) in [4.78, 5) is 14.9. The fourth-order valence-corrected chi connectivity index (χ4v) is 4.50. The predicted molar refractivity (Wildman–Crippen MR) is 112 cm³/mol. The summed E-state index contributed by atoms with van der Waals surface area (Å²) in [6.45, 7) is 1.61. The third-order valence-corrected chi connectivity index (χ3v) is 6.46. The highest BCUT2D eigenvalue weighted by Gasteiger charge is 2.27. The van der Waals surface area contributed by atoms with Crippen LogP contribution in [0.3, 0.4) is 0 Å². The molecule has 1 heterocycles. The number of sulfonamides is 1. The average molecular weight is 428 g/mol. The van der Waals surface area contributed by atoms with Gasteiger partial charge in [-0.25, -0.2) is 13.1 Å². The summed E-state index contributed by atoms with van der Waals surface area (Å²) in [7, 11) is -3.78. The van der Waals surface area contributed by atoms with E-state index < -0.39 is 10.0 Å². The van der Waals surface area contributed by atoms with Gasteiger partial charge in [0, 0.05) is 37.9 Å². The first-order valence-corrected chi connectivity index (χ1v) is 11.4. The zero-order chi connectivity index (χ0) is 21.4. The summed E-state index contributed by atoms with van der Waals surface area (Å²) in [6.07, 6.45) is 1.63. The fraction of sp³-hybridized carbons (Fsp3) is 0.364. The standard InChI is InChI=1S/C22H25N3O4S/c23-12-5-13-25(20-10-14-29-15-11-20)22(26)19-8-4-9-21(16-19)30(27,28)24-17-18-6-2-1-3-7-18/h1-4,6-9,16,20,24H,5,10-11,13-15,17H2. The molecular formula is C22H25N3O4S. The van der Waals surface area contributed by atoms with Crippen molar-refractivity contribution in [3.63, 3.8) is 0 Å². The summed E-state index contributed by atoms with van der Waals surface area (Å²) in [5, 5.41) is 8.97. The topological polar surface area (TPSA) is 99.5 Å². The Balaban J connectivity index is 1.78. The second kappa shape index (κ2) is 10.3. The van der Waals surface area contributed by atoms with E-state index in [-0.39, 0.29) is 29.8 Å². The minimum Gasteiger partial charge on any atom is -0.381 e. The van der Waals surface area contributed by atoms with Crippen LogP contribution in [0.15, 0.2) is 59.5 Å². The van der Waals surface area contributed by atoms with Crippen molar-refractivity contribution in [1.82, 2.24) is 9.62 Å². The zero-order valence-corrected chi connectivity index (χ0v) is 17.5. The molecule has 0 spiro atoms. The Hall–Kier alpha value is -2.73. The van der Waals surface area contributed by atoms with Crippen LogP contribution in [-0.2, 0) is 21.3 Å². The first-order chi connectivity index (χ1) is 14.5. The molecule has 0 unspecified atom stereocenters. The SMILES string of the molecule is N#CCCN(C(=O)c1cccc(S(=O)(=O)NCc2ccccc2)c1)C1CCOCC1. The summed E-state index contributed by atoms with van der Waals surface area (Å²) in [5.74, 6) is -0.266. The molecule has 2 aromatic rings. The first-order valence-electron chi connectivity index (χ1n) is 9.90. The number of carbonyl (C=O) groups excluding carboxylic acids is 1. The van der Waals surface area contributed by atoms with Crippen LogP contribution in [-0.4, -0.2) is 45.0 Å². The van der Waals surface area contributed by atoms with Crippen molar-refractivity contribution >= 4 is 15.9 Å². The summed E-state index contributed by atoms with van der Waals surface area (Å²) in [6, 6.07) is 17.3. The Morgan fingerprint density at radius 2 is 1.87 bits per heavy atom. The lowest BCUT2D eigenvalue weighted by Gasteiger charge is -2.34. The lowest BCUT2D eigenvalue weighted by Crippen LogP contribution is -2.44. The van der Waals surface area contributed by atoms with Crippen molar-refractivity contribution in [3.8, 4) is 6.07 Å². The molecule has 0 aliphatic carbocycles. The van der Waals surface area contributed by atoms with Gasteiger partial charge in [0.2, 0.25) is 10.0 Å². The van der Waals surface area contributed by atoms with E-state index in [0.29, 0.717) is 38.2 Å². The van der Waals surface area contributed by atoms with Crippen molar-refractivity contribution in [1.29, 1.82) is 5.26 Å². The number of rotatable bonds is 8. The summed E-state index contributed by atoms with van der Waals surface area (Å²) >= 11 is 0. The number of ether oxygens (including phenoxy) is 1. The van der Waals surface area contributed by atoms with E-state index in [9.17, 15) is 13.2 Å². The van der Waals surface area contributed by atoms with Crippen LogP contribution < -0.4 is 4.72 Å². The van der Waals surface area contributed by atoms with Gasteiger partial charge in [0.1, 0.15) is 0 Å². The monoisotopic (exact) mass is 427 g/mol. The molecule has 1 fully saturated rings. The van der Waals surface area contributed by atoms with Gasteiger partial charge >= 0.3 is 0 Å². The lowest BCUT2D eigenvalue weighted by molar-refractivity contribution is 0.0296. The highest BCUT2D eigenvalue weighted by Crippen LogP contribution is 2.20. The molecule has 1 aliphatic rings. The number of nitriles is 1. The lowest BCUT2D eigenvalue weighted by atomic mass is 10.0. The van der Waals surface area contributed by atoms with Gasteiger partial charge in [-0.1, -0.05) is 36.4 Å². The molecule has 0 radical (unpaired) electrons. The number of nitrogens with zero attached hydrogens (tertiary/aromatic N) is 2. The van der Waals surface area contributed by atoms with E-state index in [0.717, 1.165) is 5.56 Å². The Labute approximate surface area is 177 Å². The molecule has 0 bridgehead atoms. The molecular weight excluding hydrogens is 402 g/mol. The second-order valence-electron chi connectivity index (χ2n) is 7.09. The molecule has 2 aromatic carbocycles. The molecule has 3 rings (SSSR count). The van der Waals surface area contributed by atoms with E-state index in [1.54, 1.807) is 17.0 Å². The first kappa shape index (κ1) is 22.0. The van der Waals surface area contributed by atoms with Gasteiger partial charge in [-0.2, -0.15) is 5.26 Å². The number of amides is 1. The van der Waals surface area contributed by atoms with Crippen LogP contribution >= 0.6 is 0 Å². The van der Waals surface area contributed by atoms with E-state index in [2.05, 4.69) is 10.8 Å². The minimum atomic E-state index is -3.78. The molecule has 0 aromatic heterocycles. The average Bonchev–Trinajstić information content (AvgIpc) is 2.79. The number of hydrogen-bond acceptors (Lipinski definition) is 5. The zero-order valence-electron chi connectivity index (χ0n) is 16.7. The maximum atomic E-state index is 13.2. The quantitative estimate of drug-likeness (QED) is 0.698. The van der Waals surface area contributed by atoms with Crippen molar-refractivity contribution in [2.45, 2.75) is 36.7 Å². The molecule has 158 valence electrons. The molecule has 0 atom stereocenters. The minimum absolute atomic E-state index is 0.0175. The van der Waals surface area contributed by atoms with Crippen molar-refractivity contribution in [3.05, 3.63) is 65.7 Å². The second-order valence-corrected chi connectivity index (χ2v) is 8.86. The van der Waals surface area contributed by atoms with E-state index in [4.69, 9.17) is 10.00 Å². The van der Waals surface area contributed by atoms with Gasteiger partial charge in [0.15, 0.2) is 0 Å². The highest BCUT2D eigenvalue weighted by atomic mass is 32.2. The van der Waals surface area contributed by atoms with Crippen LogP contribution in [0.5, 0.6) is 0 Å². The third-order valence-electron chi connectivity index (χ3n) is 5.06. The van der Waals surface area contributed by atoms with Crippen LogP contribution in [0.2, 0.25) is 0 Å². The largest absolute Gasteiger partial charge is 0.381 e. The highest BCUT2D eigenvalue weighted by molar-refractivity contribution is 7.89. The number of carbonyl (C=O) groups is 1. The van der Waals surface area contributed by atoms with Crippen molar-refractivity contribution in [2.24, 2.45) is 0 Å². The Morgan fingerprint density at radius 1 is 1.13 bits per heavy atom. The molecule has 0 saturated carbocycles. The fourth-order valence-electron chi connectivity index (χ4n) is 3.44. The van der Waals surface area contributed by atoms with Gasteiger partial charge < -0.3 is 9.64 Å². The Kier molecular flexibility index (Phi) is 7.57. The Bertz CT molecular complexity index is 997.